The minimum absolute atomic E-state index is 0.0264. The van der Waals surface area contributed by atoms with E-state index in [1.165, 1.54) is 21.5 Å². The molecule has 0 amide bonds. The third-order valence-electron chi connectivity index (χ3n) is 14.4. The molecule has 2 aliphatic rings. The molecule has 2 aliphatic heterocycles. The first kappa shape index (κ1) is 55.1. The Kier molecular flexibility index (Phi) is 16.5. The van der Waals surface area contributed by atoms with Gasteiger partial charge in [0, 0.05) is 0 Å². The maximum atomic E-state index is 15.1. The fourth-order valence-electron chi connectivity index (χ4n) is 10.5. The van der Waals surface area contributed by atoms with E-state index in [9.17, 15) is 19.2 Å². The molecule has 10 rings (SSSR count). The van der Waals surface area contributed by atoms with Crippen LogP contribution >= 0.6 is 6.29 Å². The van der Waals surface area contributed by atoms with Crippen LogP contribution in [0.2, 0.25) is 0 Å². The molecule has 1 unspecified atom stereocenters. The fraction of sp³-hybridized carbons (Fsp3) is 0.267. The number of methoxy groups -OCH3 is 2. The average Bonchev–Trinajstić information content (AvgIpc) is 4.19. The first-order valence-corrected chi connectivity index (χ1v) is 29.4. The molecule has 79 heavy (non-hydrogen) atoms. The van der Waals surface area contributed by atoms with E-state index in [1.54, 1.807) is 28.1 Å². The van der Waals surface area contributed by atoms with E-state index < -0.39 is 76.9 Å². The second-order valence-corrected chi connectivity index (χ2v) is 23.5. The number of ether oxygens (including phenoxy) is 6. The molecule has 19 heteroatoms. The number of nitrogens with zero attached hydrogens (tertiary/aromatic N) is 2. The molecule has 6 aromatic carbocycles. The summed E-state index contributed by atoms with van der Waals surface area (Å²) >= 11 is 2.67. The van der Waals surface area contributed by atoms with Crippen molar-refractivity contribution in [3.63, 3.8) is 0 Å². The van der Waals surface area contributed by atoms with Crippen LogP contribution in [0.25, 0.3) is 0 Å². The van der Waals surface area contributed by atoms with Gasteiger partial charge in [-0.2, -0.15) is 0 Å². The average molecular weight is 1150 g/mol. The summed E-state index contributed by atoms with van der Waals surface area (Å²) in [7, 11) is 3.19. The summed E-state index contributed by atoms with van der Waals surface area (Å²) in [4.78, 5) is 56.9. The number of aryl methyl sites for hydroxylation is 2. The number of H-pyrrole nitrogens is 2. The Morgan fingerprint density at radius 2 is 0.899 bits per heavy atom. The second-order valence-electron chi connectivity index (χ2n) is 19.3. The summed E-state index contributed by atoms with van der Waals surface area (Å²) in [6.07, 6.45) is -7.33. The Labute approximate surface area is 463 Å². The SMILES string of the molecule is COc1ccc(C(OC[C@H]2O[C@@H](n3cc(C)c(=O)[nH]c3=O)C[C@@H]2OP(=O)([Se])OC[C@H]2O[C@@H](n3cc(C)c(=O)[nH]c3=O)C[C@@H]2OC(c2ccccc2)(c2ccccc2)c2ccc(OC)cc2)(c2ccccc2)c2ccccc2)cc1. The first-order valence-electron chi connectivity index (χ1n) is 25.6. The summed E-state index contributed by atoms with van der Waals surface area (Å²) in [6.45, 7) is 2.61. The van der Waals surface area contributed by atoms with Crippen molar-refractivity contribution >= 4 is 21.9 Å². The van der Waals surface area contributed by atoms with Gasteiger partial charge in [-0.3, -0.25) is 0 Å². The van der Waals surface area contributed by atoms with E-state index >= 15 is 4.57 Å². The number of aromatic amines is 2. The standard InChI is InChI=1S/C60H58N4O13PSe/c1-39-35-63(57(67)61-55(39)65)53-33-49(76-60(43-21-13-7-14-22-43,44-23-15-8-16-24-44)46-27-31-48(71-4)32-28-46)52(75-53)38-73-78(69,79)77-50-34-54(64-36-40(2)56(66)62-58(64)68)74-51(50)37-72-59(41-17-9-5-10-18-41,42-19-11-6-12-20-42)45-25-29-47(70-3)30-26-45/h5-32,35-36,49-54H,33-34,37-38H2,1-4H3,(H,61,65,67)(H,62,66,68)/t49-,50-,51+,52+,53+,54+,78?/m0/s1. The van der Waals surface area contributed by atoms with Gasteiger partial charge in [0.2, 0.25) is 0 Å². The molecule has 2 N–H and O–H groups in total. The van der Waals surface area contributed by atoms with E-state index in [0.717, 1.165) is 33.4 Å². The predicted octanol–water partition coefficient (Wildman–Crippen LogP) is 8.36. The predicted molar refractivity (Wildman–Crippen MR) is 296 cm³/mol. The van der Waals surface area contributed by atoms with Gasteiger partial charge in [-0.05, 0) is 0 Å². The summed E-state index contributed by atoms with van der Waals surface area (Å²) < 4.78 is 69.7. The van der Waals surface area contributed by atoms with Gasteiger partial charge in [0.1, 0.15) is 0 Å². The Hall–Kier alpha value is -7.21. The topological polar surface area (TPSA) is 201 Å². The van der Waals surface area contributed by atoms with Gasteiger partial charge in [0.25, 0.3) is 0 Å². The van der Waals surface area contributed by atoms with Crippen molar-refractivity contribution in [1.29, 1.82) is 0 Å². The van der Waals surface area contributed by atoms with E-state index in [-0.39, 0.29) is 37.2 Å². The van der Waals surface area contributed by atoms with Crippen molar-refractivity contribution in [3.05, 3.63) is 268 Å². The van der Waals surface area contributed by atoms with Crippen molar-refractivity contribution in [2.75, 3.05) is 27.4 Å². The van der Waals surface area contributed by atoms with Crippen molar-refractivity contribution in [1.82, 2.24) is 19.1 Å². The Balaban J connectivity index is 1.00. The number of hydrogen-bond donors (Lipinski definition) is 2. The van der Waals surface area contributed by atoms with Gasteiger partial charge in [0.05, 0.1) is 14.2 Å². The van der Waals surface area contributed by atoms with Crippen LogP contribution in [0.15, 0.2) is 201 Å². The molecule has 2 fully saturated rings. The van der Waals surface area contributed by atoms with Gasteiger partial charge in [0.15, 0.2) is 0 Å². The molecule has 4 heterocycles. The van der Waals surface area contributed by atoms with Gasteiger partial charge in [-0.15, -0.1) is 0 Å². The Morgan fingerprint density at radius 3 is 1.32 bits per heavy atom. The number of benzene rings is 6. The van der Waals surface area contributed by atoms with Crippen molar-refractivity contribution in [3.8, 4) is 11.5 Å². The molecule has 0 bridgehead atoms. The quantitative estimate of drug-likeness (QED) is 0.0420. The molecule has 0 saturated carbocycles. The first-order chi connectivity index (χ1) is 38.2. The number of aromatic nitrogens is 4. The number of nitrogens with one attached hydrogen (secondary N) is 2. The zero-order chi connectivity index (χ0) is 55.3. The number of hydrogen-bond acceptors (Lipinski definition) is 13. The van der Waals surface area contributed by atoms with Gasteiger partial charge >= 0.3 is 451 Å². The minimum atomic E-state index is -4.29. The van der Waals surface area contributed by atoms with Crippen LogP contribution in [0, 0.1) is 13.8 Å². The van der Waals surface area contributed by atoms with E-state index in [0.29, 0.717) is 11.5 Å². The molecule has 0 spiro atoms. The Morgan fingerprint density at radius 1 is 0.532 bits per heavy atom. The van der Waals surface area contributed by atoms with Crippen LogP contribution in [-0.4, -0.2) is 86.5 Å². The second kappa shape index (κ2) is 23.6. The third kappa shape index (κ3) is 11.5. The molecular formula is C60H58N4O13PSe. The van der Waals surface area contributed by atoms with Crippen molar-refractivity contribution in [2.24, 2.45) is 0 Å². The van der Waals surface area contributed by atoms with Crippen molar-refractivity contribution < 1.29 is 42.0 Å². The van der Waals surface area contributed by atoms with Crippen LogP contribution < -0.4 is 32.0 Å². The summed E-state index contributed by atoms with van der Waals surface area (Å²) in [5, 5.41) is 0. The van der Waals surface area contributed by atoms with Crippen LogP contribution in [0.4, 0.5) is 0 Å². The molecule has 0 aliphatic carbocycles. The monoisotopic (exact) mass is 1150 g/mol. The molecule has 8 aromatic rings. The third-order valence-corrected chi connectivity index (χ3v) is 16.6. The molecule has 7 atom stereocenters. The molecule has 17 nitrogen and oxygen atoms in total. The number of rotatable bonds is 20. The van der Waals surface area contributed by atoms with Crippen LogP contribution in [0.1, 0.15) is 69.8 Å². The van der Waals surface area contributed by atoms with E-state index in [2.05, 4.69) is 25.5 Å². The summed E-state index contributed by atoms with van der Waals surface area (Å²) in [5.41, 5.74) is 0.188. The van der Waals surface area contributed by atoms with Crippen LogP contribution in [0.5, 0.6) is 11.5 Å². The molecule has 407 valence electrons. The Bertz CT molecular complexity index is 3580. The summed E-state index contributed by atoms with van der Waals surface area (Å²) in [6, 6.07) is 53.9. The van der Waals surface area contributed by atoms with Gasteiger partial charge in [-0.1, -0.05) is 0 Å². The molecule has 1 radical (unpaired) electrons. The van der Waals surface area contributed by atoms with Crippen molar-refractivity contribution in [2.45, 2.75) is 74.8 Å². The van der Waals surface area contributed by atoms with E-state index in [4.69, 9.17) is 37.5 Å². The zero-order valence-electron chi connectivity index (χ0n) is 43.7. The molecule has 2 saturated heterocycles. The molecular weight excluding hydrogens is 1090 g/mol. The van der Waals surface area contributed by atoms with Crippen LogP contribution in [0.3, 0.4) is 0 Å². The van der Waals surface area contributed by atoms with E-state index in [1.807, 2.05) is 170 Å². The van der Waals surface area contributed by atoms with Gasteiger partial charge in [-0.25, -0.2) is 0 Å². The normalized spacial score (nSPS) is 20.2. The zero-order valence-corrected chi connectivity index (χ0v) is 46.3. The fourth-order valence-corrected chi connectivity index (χ4v) is 12.5. The van der Waals surface area contributed by atoms with Gasteiger partial charge < -0.3 is 0 Å². The summed E-state index contributed by atoms with van der Waals surface area (Å²) in [5.74, 6) is 1.28. The van der Waals surface area contributed by atoms with Crippen LogP contribution in [-0.2, 0) is 43.8 Å². The molecule has 2 aromatic heterocycles. The maximum absolute atomic E-state index is 15.1.